The summed E-state index contributed by atoms with van der Waals surface area (Å²) in [6.07, 6.45) is -1.47. The van der Waals surface area contributed by atoms with Gasteiger partial charge >= 0.3 is 0 Å². The van der Waals surface area contributed by atoms with Crippen molar-refractivity contribution in [3.05, 3.63) is 35.9 Å². The molecule has 0 spiro atoms. The summed E-state index contributed by atoms with van der Waals surface area (Å²) in [6, 6.07) is 7.27. The van der Waals surface area contributed by atoms with Gasteiger partial charge in [-0.3, -0.25) is 4.79 Å². The third-order valence-electron chi connectivity index (χ3n) is 2.08. The van der Waals surface area contributed by atoms with Crippen LogP contribution in [-0.2, 0) is 4.74 Å². The van der Waals surface area contributed by atoms with Crippen molar-refractivity contribution in [2.45, 2.75) is 12.2 Å². The van der Waals surface area contributed by atoms with Gasteiger partial charge in [-0.25, -0.2) is 4.39 Å². The minimum absolute atomic E-state index is 0.167. The van der Waals surface area contributed by atoms with Crippen molar-refractivity contribution in [1.29, 1.82) is 0 Å². The Morgan fingerprint density at radius 2 is 2.07 bits per heavy atom. The van der Waals surface area contributed by atoms with Crippen molar-refractivity contribution in [2.75, 3.05) is 13.7 Å². The topological polar surface area (TPSA) is 52.3 Å². The molecule has 0 aliphatic carbocycles. The van der Waals surface area contributed by atoms with E-state index in [0.717, 1.165) is 0 Å². The van der Waals surface area contributed by atoms with E-state index in [1.54, 1.807) is 30.3 Å². The number of hydrogen-bond acceptors (Lipinski definition) is 3. The average Bonchev–Trinajstić information content (AvgIpc) is 2.28. The van der Waals surface area contributed by atoms with Crippen LogP contribution in [0.1, 0.15) is 10.4 Å². The Kier molecular flexibility index (Phi) is 4.39. The number of methoxy groups -OCH3 is 1. The maximum Gasteiger partial charge on any atom is 0.182 e. The molecule has 2 unspecified atom stereocenters. The van der Waals surface area contributed by atoms with E-state index >= 15 is 0 Å². The van der Waals surface area contributed by atoms with Gasteiger partial charge < -0.3 is 10.5 Å². The third-order valence-corrected chi connectivity index (χ3v) is 2.08. The van der Waals surface area contributed by atoms with Crippen molar-refractivity contribution < 1.29 is 13.9 Å². The Hall–Kier alpha value is -1.26. The maximum absolute atomic E-state index is 13.3. The van der Waals surface area contributed by atoms with Crippen molar-refractivity contribution >= 4 is 5.78 Å². The van der Waals surface area contributed by atoms with Crippen molar-refractivity contribution in [1.82, 2.24) is 0 Å². The minimum atomic E-state index is -1.47. The second-order valence-electron chi connectivity index (χ2n) is 3.23. The monoisotopic (exact) mass is 211 g/mol. The molecule has 1 aromatic carbocycles. The van der Waals surface area contributed by atoms with E-state index < -0.39 is 18.0 Å². The Balaban J connectivity index is 2.69. The molecule has 0 saturated carbocycles. The lowest BCUT2D eigenvalue weighted by molar-refractivity contribution is 0.0783. The van der Waals surface area contributed by atoms with E-state index in [1.807, 2.05) is 0 Å². The summed E-state index contributed by atoms with van der Waals surface area (Å²) < 4.78 is 17.9. The van der Waals surface area contributed by atoms with Crippen LogP contribution in [0.25, 0.3) is 0 Å². The largest absolute Gasteiger partial charge is 0.382 e. The Morgan fingerprint density at radius 3 is 2.60 bits per heavy atom. The zero-order valence-electron chi connectivity index (χ0n) is 8.52. The van der Waals surface area contributed by atoms with Crippen LogP contribution in [0, 0.1) is 0 Å². The third kappa shape index (κ3) is 3.11. The highest BCUT2D eigenvalue weighted by Gasteiger charge is 2.24. The van der Waals surface area contributed by atoms with Gasteiger partial charge in [0.05, 0.1) is 6.61 Å². The number of halogens is 1. The number of hydrogen-bond donors (Lipinski definition) is 1. The zero-order chi connectivity index (χ0) is 11.3. The number of carbonyl (C=O) groups excluding carboxylic acids is 1. The lowest BCUT2D eigenvalue weighted by atomic mass is 10.0. The molecule has 82 valence electrons. The van der Waals surface area contributed by atoms with Crippen LogP contribution in [0.15, 0.2) is 30.3 Å². The molecule has 0 saturated heterocycles. The maximum atomic E-state index is 13.3. The van der Waals surface area contributed by atoms with Gasteiger partial charge in [-0.15, -0.1) is 0 Å². The van der Waals surface area contributed by atoms with Gasteiger partial charge in [-0.2, -0.15) is 0 Å². The fourth-order valence-corrected chi connectivity index (χ4v) is 1.22. The van der Waals surface area contributed by atoms with Crippen molar-refractivity contribution in [2.24, 2.45) is 5.73 Å². The van der Waals surface area contributed by atoms with Crippen LogP contribution in [0.3, 0.4) is 0 Å². The van der Waals surface area contributed by atoms with Gasteiger partial charge in [-0.05, 0) is 0 Å². The first-order valence-corrected chi connectivity index (χ1v) is 4.64. The van der Waals surface area contributed by atoms with Gasteiger partial charge in [0.15, 0.2) is 5.78 Å². The van der Waals surface area contributed by atoms with Crippen LogP contribution in [-0.4, -0.2) is 31.7 Å². The molecule has 0 radical (unpaired) electrons. The predicted octanol–water partition coefficient (Wildman–Crippen LogP) is 1.18. The van der Waals surface area contributed by atoms with E-state index in [0.29, 0.717) is 5.56 Å². The molecule has 1 aromatic rings. The van der Waals surface area contributed by atoms with Gasteiger partial charge in [-0.1, -0.05) is 30.3 Å². The highest BCUT2D eigenvalue weighted by molar-refractivity contribution is 6.00. The molecule has 3 nitrogen and oxygen atoms in total. The highest BCUT2D eigenvalue weighted by atomic mass is 19.1. The lowest BCUT2D eigenvalue weighted by Gasteiger charge is -2.14. The summed E-state index contributed by atoms with van der Waals surface area (Å²) in [5.41, 5.74) is 5.89. The molecule has 1 rings (SSSR count). The number of alkyl halides is 1. The lowest BCUT2D eigenvalue weighted by Crippen LogP contribution is -2.41. The zero-order valence-corrected chi connectivity index (χ0v) is 8.52. The molecule has 2 atom stereocenters. The van der Waals surface area contributed by atoms with Crippen LogP contribution in [0.4, 0.5) is 4.39 Å². The van der Waals surface area contributed by atoms with Gasteiger partial charge in [0, 0.05) is 12.7 Å². The predicted molar refractivity (Wildman–Crippen MR) is 55.5 cm³/mol. The SMILES string of the molecule is COCC(F)C(N)C(=O)c1ccccc1. The summed E-state index contributed by atoms with van der Waals surface area (Å²) in [7, 11) is 1.37. The van der Waals surface area contributed by atoms with E-state index in [1.165, 1.54) is 7.11 Å². The molecule has 15 heavy (non-hydrogen) atoms. The number of nitrogens with two attached hydrogens (primary N) is 1. The second kappa shape index (κ2) is 5.58. The number of ether oxygens (including phenoxy) is 1. The number of rotatable bonds is 5. The summed E-state index contributed by atoms with van der Waals surface area (Å²) in [5, 5.41) is 0. The average molecular weight is 211 g/mol. The van der Waals surface area contributed by atoms with Crippen molar-refractivity contribution in [3.8, 4) is 0 Å². The van der Waals surface area contributed by atoms with Gasteiger partial charge in [0.1, 0.15) is 12.2 Å². The molecule has 0 heterocycles. The summed E-state index contributed by atoms with van der Waals surface area (Å²) in [6.45, 7) is -0.167. The first-order chi connectivity index (χ1) is 7.16. The Bertz CT molecular complexity index is 316. The first-order valence-electron chi connectivity index (χ1n) is 4.64. The smallest absolute Gasteiger partial charge is 0.182 e. The molecular weight excluding hydrogens is 197 g/mol. The molecule has 0 aliphatic rings. The number of Topliss-reactive ketones (excluding diaryl/α,β-unsaturated/α-hetero) is 1. The number of carbonyl (C=O) groups is 1. The quantitative estimate of drug-likeness (QED) is 0.744. The van der Waals surface area contributed by atoms with Crippen molar-refractivity contribution in [3.63, 3.8) is 0 Å². The summed E-state index contributed by atoms with van der Waals surface area (Å²) in [4.78, 5) is 11.6. The number of ketones is 1. The molecule has 0 amide bonds. The van der Waals surface area contributed by atoms with E-state index in [2.05, 4.69) is 4.74 Å². The van der Waals surface area contributed by atoms with Gasteiger partial charge in [0.25, 0.3) is 0 Å². The number of benzene rings is 1. The molecule has 0 fully saturated rings. The first kappa shape index (κ1) is 11.8. The van der Waals surface area contributed by atoms with Crippen LogP contribution in [0.5, 0.6) is 0 Å². The second-order valence-corrected chi connectivity index (χ2v) is 3.23. The highest BCUT2D eigenvalue weighted by Crippen LogP contribution is 2.07. The van der Waals surface area contributed by atoms with Crippen LogP contribution in [0.2, 0.25) is 0 Å². The molecule has 4 heteroatoms. The minimum Gasteiger partial charge on any atom is -0.382 e. The standard InChI is InChI=1S/C11H14FNO2/c1-15-7-9(12)10(13)11(14)8-5-3-2-4-6-8/h2-6,9-10H,7,13H2,1H3. The Labute approximate surface area is 88.0 Å². The molecular formula is C11H14FNO2. The van der Waals surface area contributed by atoms with E-state index in [9.17, 15) is 9.18 Å². The van der Waals surface area contributed by atoms with Crippen LogP contribution >= 0.6 is 0 Å². The Morgan fingerprint density at radius 1 is 1.47 bits per heavy atom. The summed E-state index contributed by atoms with van der Waals surface area (Å²) >= 11 is 0. The van der Waals surface area contributed by atoms with E-state index in [4.69, 9.17) is 5.73 Å². The van der Waals surface area contributed by atoms with E-state index in [-0.39, 0.29) is 6.61 Å². The molecule has 0 aliphatic heterocycles. The molecule has 2 N–H and O–H groups in total. The van der Waals surface area contributed by atoms with Gasteiger partial charge in [0.2, 0.25) is 0 Å². The summed E-state index contributed by atoms with van der Waals surface area (Å²) in [5.74, 6) is -0.403. The normalized spacial score (nSPS) is 14.6. The molecule has 0 aromatic heterocycles. The fourth-order valence-electron chi connectivity index (χ4n) is 1.22. The fraction of sp³-hybridized carbons (Fsp3) is 0.364. The van der Waals surface area contributed by atoms with Crippen LogP contribution < -0.4 is 5.73 Å². The molecule has 0 bridgehead atoms.